The van der Waals surface area contributed by atoms with Crippen LogP contribution >= 0.6 is 0 Å². The minimum Gasteiger partial charge on any atom is -0.381 e. The molecular formula is C17H28FNO. The Bertz CT molecular complexity index is 357. The lowest BCUT2D eigenvalue weighted by Crippen LogP contribution is -2.24. The van der Waals surface area contributed by atoms with Crippen LogP contribution in [0, 0.1) is 5.82 Å². The van der Waals surface area contributed by atoms with Crippen molar-refractivity contribution in [2.75, 3.05) is 26.3 Å². The third kappa shape index (κ3) is 6.49. The lowest BCUT2D eigenvalue weighted by molar-refractivity contribution is 0.123. The van der Waals surface area contributed by atoms with Gasteiger partial charge in [0.15, 0.2) is 0 Å². The van der Waals surface area contributed by atoms with Gasteiger partial charge in [0.2, 0.25) is 0 Å². The molecule has 0 saturated heterocycles. The lowest BCUT2D eigenvalue weighted by atomic mass is 9.95. The molecule has 0 heterocycles. The fraction of sp³-hybridized carbons (Fsp3) is 0.647. The molecule has 0 spiro atoms. The molecule has 0 amide bonds. The topological polar surface area (TPSA) is 21.3 Å². The van der Waals surface area contributed by atoms with E-state index in [1.807, 2.05) is 12.1 Å². The fourth-order valence-electron chi connectivity index (χ4n) is 2.20. The lowest BCUT2D eigenvalue weighted by Gasteiger charge is -2.19. The number of hydrogen-bond acceptors (Lipinski definition) is 2. The van der Waals surface area contributed by atoms with Gasteiger partial charge in [-0.05, 0) is 37.4 Å². The van der Waals surface area contributed by atoms with E-state index in [1.54, 1.807) is 12.1 Å². The quantitative estimate of drug-likeness (QED) is 0.616. The van der Waals surface area contributed by atoms with Gasteiger partial charge in [-0.15, -0.1) is 0 Å². The Morgan fingerprint density at radius 3 is 2.65 bits per heavy atom. The SMILES string of the molecule is CCCCOCCC(CNCCC)c1ccccc1F. The molecule has 1 rings (SSSR count). The minimum absolute atomic E-state index is 0.107. The smallest absolute Gasteiger partial charge is 0.126 e. The van der Waals surface area contributed by atoms with Gasteiger partial charge in [0, 0.05) is 25.7 Å². The number of ether oxygens (including phenoxy) is 1. The van der Waals surface area contributed by atoms with Crippen LogP contribution in [0.3, 0.4) is 0 Å². The van der Waals surface area contributed by atoms with Gasteiger partial charge in [-0.2, -0.15) is 0 Å². The van der Waals surface area contributed by atoms with E-state index in [-0.39, 0.29) is 11.7 Å². The highest BCUT2D eigenvalue weighted by Crippen LogP contribution is 2.22. The second-order valence-electron chi connectivity index (χ2n) is 5.18. The summed E-state index contributed by atoms with van der Waals surface area (Å²) in [6, 6.07) is 7.08. The molecule has 0 aliphatic heterocycles. The van der Waals surface area contributed by atoms with Gasteiger partial charge < -0.3 is 10.1 Å². The van der Waals surface area contributed by atoms with Gasteiger partial charge in [0.1, 0.15) is 5.82 Å². The summed E-state index contributed by atoms with van der Waals surface area (Å²) in [6.45, 7) is 7.59. The number of benzene rings is 1. The molecule has 1 N–H and O–H groups in total. The first-order valence-corrected chi connectivity index (χ1v) is 7.82. The largest absolute Gasteiger partial charge is 0.381 e. The first-order valence-electron chi connectivity index (χ1n) is 7.82. The fourth-order valence-corrected chi connectivity index (χ4v) is 2.20. The van der Waals surface area contributed by atoms with Crippen molar-refractivity contribution in [2.24, 2.45) is 0 Å². The number of rotatable bonds is 11. The summed E-state index contributed by atoms with van der Waals surface area (Å²) < 4.78 is 19.5. The van der Waals surface area contributed by atoms with E-state index in [1.165, 1.54) is 0 Å². The number of nitrogens with one attached hydrogen (secondary N) is 1. The Morgan fingerprint density at radius 1 is 1.15 bits per heavy atom. The normalized spacial score (nSPS) is 12.6. The maximum absolute atomic E-state index is 13.9. The van der Waals surface area contributed by atoms with Crippen molar-refractivity contribution in [3.8, 4) is 0 Å². The highest BCUT2D eigenvalue weighted by molar-refractivity contribution is 5.22. The van der Waals surface area contributed by atoms with E-state index in [9.17, 15) is 4.39 Å². The summed E-state index contributed by atoms with van der Waals surface area (Å²) in [5, 5.41) is 3.39. The molecule has 3 heteroatoms. The highest BCUT2D eigenvalue weighted by Gasteiger charge is 2.14. The molecule has 1 atom stereocenters. The molecule has 20 heavy (non-hydrogen) atoms. The van der Waals surface area contributed by atoms with Crippen LogP contribution in [0.1, 0.15) is 51.0 Å². The predicted molar refractivity (Wildman–Crippen MR) is 82.6 cm³/mol. The number of halogens is 1. The zero-order chi connectivity index (χ0) is 14.6. The summed E-state index contributed by atoms with van der Waals surface area (Å²) >= 11 is 0. The van der Waals surface area contributed by atoms with Crippen molar-refractivity contribution in [1.29, 1.82) is 0 Å². The van der Waals surface area contributed by atoms with E-state index in [0.29, 0.717) is 6.61 Å². The van der Waals surface area contributed by atoms with Crippen LogP contribution in [0.4, 0.5) is 4.39 Å². The molecule has 0 aliphatic rings. The van der Waals surface area contributed by atoms with Gasteiger partial charge in [-0.25, -0.2) is 4.39 Å². The van der Waals surface area contributed by atoms with Crippen LogP contribution in [-0.4, -0.2) is 26.3 Å². The Morgan fingerprint density at radius 2 is 1.95 bits per heavy atom. The van der Waals surface area contributed by atoms with Crippen LogP contribution in [0.15, 0.2) is 24.3 Å². The molecule has 0 radical (unpaired) electrons. The average molecular weight is 281 g/mol. The third-order valence-corrected chi connectivity index (χ3v) is 3.42. The summed E-state index contributed by atoms with van der Waals surface area (Å²) in [4.78, 5) is 0. The van der Waals surface area contributed by atoms with Gasteiger partial charge in [-0.3, -0.25) is 0 Å². The van der Waals surface area contributed by atoms with Crippen LogP contribution < -0.4 is 5.32 Å². The summed E-state index contributed by atoms with van der Waals surface area (Å²) in [7, 11) is 0. The van der Waals surface area contributed by atoms with E-state index < -0.39 is 0 Å². The van der Waals surface area contributed by atoms with Crippen molar-refractivity contribution in [2.45, 2.75) is 45.4 Å². The van der Waals surface area contributed by atoms with E-state index in [2.05, 4.69) is 19.2 Å². The van der Waals surface area contributed by atoms with Crippen LogP contribution in [0.5, 0.6) is 0 Å². The van der Waals surface area contributed by atoms with Gasteiger partial charge in [0.25, 0.3) is 0 Å². The first-order chi connectivity index (χ1) is 9.79. The molecule has 1 aromatic carbocycles. The molecule has 0 fully saturated rings. The average Bonchev–Trinajstić information content (AvgIpc) is 2.46. The van der Waals surface area contributed by atoms with Crippen molar-refractivity contribution in [1.82, 2.24) is 5.32 Å². The molecule has 0 saturated carbocycles. The van der Waals surface area contributed by atoms with Gasteiger partial charge >= 0.3 is 0 Å². The first kappa shape index (κ1) is 17.1. The summed E-state index contributed by atoms with van der Waals surface area (Å²) in [5.74, 6) is 0.0775. The maximum Gasteiger partial charge on any atom is 0.126 e. The monoisotopic (exact) mass is 281 g/mol. The Labute approximate surface area is 122 Å². The highest BCUT2D eigenvalue weighted by atomic mass is 19.1. The van der Waals surface area contributed by atoms with Gasteiger partial charge in [0.05, 0.1) is 0 Å². The van der Waals surface area contributed by atoms with Crippen LogP contribution in [-0.2, 0) is 4.74 Å². The molecule has 0 bridgehead atoms. The second-order valence-corrected chi connectivity index (χ2v) is 5.18. The summed E-state index contributed by atoms with van der Waals surface area (Å²) in [6.07, 6.45) is 4.20. The summed E-state index contributed by atoms with van der Waals surface area (Å²) in [5.41, 5.74) is 0.801. The van der Waals surface area contributed by atoms with E-state index in [4.69, 9.17) is 4.74 Å². The van der Waals surface area contributed by atoms with Crippen LogP contribution in [0.2, 0.25) is 0 Å². The molecular weight excluding hydrogens is 253 g/mol. The molecule has 2 nitrogen and oxygen atoms in total. The molecule has 1 unspecified atom stereocenters. The van der Waals surface area contributed by atoms with E-state index in [0.717, 1.165) is 50.9 Å². The van der Waals surface area contributed by atoms with Crippen molar-refractivity contribution in [3.05, 3.63) is 35.6 Å². The zero-order valence-electron chi connectivity index (χ0n) is 12.8. The Balaban J connectivity index is 2.49. The van der Waals surface area contributed by atoms with E-state index >= 15 is 0 Å². The molecule has 0 aliphatic carbocycles. The third-order valence-electron chi connectivity index (χ3n) is 3.42. The standard InChI is InChI=1S/C17H28FNO/c1-3-5-12-20-13-10-15(14-19-11-4-2)16-8-6-7-9-17(16)18/h6-9,15,19H,3-5,10-14H2,1-2H3. The van der Waals surface area contributed by atoms with Crippen molar-refractivity contribution < 1.29 is 9.13 Å². The molecule has 114 valence electrons. The second kappa shape index (κ2) is 10.8. The number of hydrogen-bond donors (Lipinski definition) is 1. The number of unbranched alkanes of at least 4 members (excludes halogenated alkanes) is 1. The maximum atomic E-state index is 13.9. The van der Waals surface area contributed by atoms with Crippen LogP contribution in [0.25, 0.3) is 0 Å². The van der Waals surface area contributed by atoms with Crippen molar-refractivity contribution >= 4 is 0 Å². The zero-order valence-corrected chi connectivity index (χ0v) is 12.8. The van der Waals surface area contributed by atoms with Gasteiger partial charge in [-0.1, -0.05) is 38.5 Å². The van der Waals surface area contributed by atoms with Crippen molar-refractivity contribution in [3.63, 3.8) is 0 Å². The Hall–Kier alpha value is -0.930. The Kier molecular flexibility index (Phi) is 9.25. The molecule has 0 aromatic heterocycles. The predicted octanol–water partition coefficient (Wildman–Crippen LogP) is 4.12. The minimum atomic E-state index is -0.107. The molecule has 1 aromatic rings.